The summed E-state index contributed by atoms with van der Waals surface area (Å²) in [6.45, 7) is 4.30. The van der Waals surface area contributed by atoms with E-state index in [1.165, 1.54) is 19.3 Å². The maximum absolute atomic E-state index is 11.6. The summed E-state index contributed by atoms with van der Waals surface area (Å²) in [6.07, 6.45) is 5.93. The Morgan fingerprint density at radius 2 is 2.11 bits per heavy atom. The third-order valence-electron chi connectivity index (χ3n) is 4.34. The molecule has 5 nitrogen and oxygen atoms in total. The van der Waals surface area contributed by atoms with Crippen LogP contribution in [0.25, 0.3) is 0 Å². The van der Waals surface area contributed by atoms with Gasteiger partial charge >= 0.3 is 0 Å². The van der Waals surface area contributed by atoms with Crippen LogP contribution in [0.4, 0.5) is 11.8 Å². The summed E-state index contributed by atoms with van der Waals surface area (Å²) in [5.74, 6) is 2.50. The van der Waals surface area contributed by atoms with Crippen LogP contribution in [0.1, 0.15) is 31.7 Å². The van der Waals surface area contributed by atoms with Crippen LogP contribution < -0.4 is 9.80 Å². The molecule has 3 rings (SSSR count). The fourth-order valence-electron chi connectivity index (χ4n) is 2.90. The Labute approximate surface area is 113 Å². The molecular weight excluding hydrogens is 240 g/mol. The molecule has 0 radical (unpaired) electrons. The monoisotopic (exact) mass is 260 g/mol. The number of rotatable bonds is 2. The Morgan fingerprint density at radius 3 is 2.79 bits per heavy atom. The van der Waals surface area contributed by atoms with Crippen LogP contribution in [0.15, 0.2) is 6.20 Å². The lowest BCUT2D eigenvalue weighted by molar-refractivity contribution is -0.117. The Morgan fingerprint density at radius 1 is 1.37 bits per heavy atom. The molecule has 1 aromatic heterocycles. The highest BCUT2D eigenvalue weighted by atomic mass is 16.2. The predicted octanol–water partition coefficient (Wildman–Crippen LogP) is 1.62. The highest BCUT2D eigenvalue weighted by molar-refractivity contribution is 5.99. The molecule has 1 aromatic rings. The van der Waals surface area contributed by atoms with Gasteiger partial charge in [-0.3, -0.25) is 9.69 Å². The molecule has 1 amide bonds. The van der Waals surface area contributed by atoms with E-state index in [4.69, 9.17) is 0 Å². The van der Waals surface area contributed by atoms with Crippen LogP contribution in [0.3, 0.4) is 0 Å². The minimum absolute atomic E-state index is 0.103. The van der Waals surface area contributed by atoms with Crippen LogP contribution in [-0.2, 0) is 11.2 Å². The van der Waals surface area contributed by atoms with E-state index >= 15 is 0 Å². The molecule has 0 aromatic carbocycles. The van der Waals surface area contributed by atoms with Crippen molar-refractivity contribution in [2.45, 2.75) is 32.6 Å². The van der Waals surface area contributed by atoms with Crippen molar-refractivity contribution in [3.8, 4) is 0 Å². The first kappa shape index (κ1) is 12.4. The molecule has 1 saturated heterocycles. The smallest absolute Gasteiger partial charge is 0.232 e. The molecule has 0 bridgehead atoms. The summed E-state index contributed by atoms with van der Waals surface area (Å²) >= 11 is 0. The average Bonchev–Trinajstić information content (AvgIpc) is 2.74. The van der Waals surface area contributed by atoms with Crippen LogP contribution in [-0.4, -0.2) is 36.0 Å². The first-order chi connectivity index (χ1) is 9.19. The molecule has 0 spiro atoms. The number of amides is 1. The molecule has 2 aliphatic rings. The van der Waals surface area contributed by atoms with Crippen LogP contribution >= 0.6 is 0 Å². The fourth-order valence-corrected chi connectivity index (χ4v) is 2.90. The second-order valence-corrected chi connectivity index (χ2v) is 5.49. The van der Waals surface area contributed by atoms with Gasteiger partial charge < -0.3 is 4.90 Å². The van der Waals surface area contributed by atoms with E-state index in [-0.39, 0.29) is 5.91 Å². The summed E-state index contributed by atoms with van der Waals surface area (Å²) in [4.78, 5) is 24.5. The van der Waals surface area contributed by atoms with Gasteiger partial charge in [0, 0.05) is 31.9 Å². The normalized spacial score (nSPS) is 20.0. The average molecular weight is 260 g/mol. The van der Waals surface area contributed by atoms with Gasteiger partial charge in [0.1, 0.15) is 5.82 Å². The molecule has 0 atom stereocenters. The minimum atomic E-state index is 0.103. The Kier molecular flexibility index (Phi) is 3.12. The van der Waals surface area contributed by atoms with Gasteiger partial charge in [0.05, 0.1) is 6.42 Å². The molecule has 0 unspecified atom stereocenters. The molecule has 0 saturated carbocycles. The van der Waals surface area contributed by atoms with Crippen molar-refractivity contribution >= 4 is 17.7 Å². The zero-order chi connectivity index (χ0) is 13.4. The number of piperidine rings is 1. The van der Waals surface area contributed by atoms with Crippen molar-refractivity contribution in [3.05, 3.63) is 11.8 Å². The molecule has 2 aliphatic heterocycles. The molecule has 5 heteroatoms. The van der Waals surface area contributed by atoms with E-state index in [0.29, 0.717) is 6.42 Å². The van der Waals surface area contributed by atoms with Gasteiger partial charge in [0.25, 0.3) is 0 Å². The van der Waals surface area contributed by atoms with Crippen molar-refractivity contribution in [2.75, 3.05) is 29.9 Å². The SMILES string of the molecule is CCC1CCN(c2ncc3c(n2)N(C)C(=O)C3)CC1. The van der Waals surface area contributed by atoms with Crippen LogP contribution in [0.2, 0.25) is 0 Å². The first-order valence-corrected chi connectivity index (χ1v) is 7.06. The number of carbonyl (C=O) groups is 1. The zero-order valence-corrected chi connectivity index (χ0v) is 11.6. The second-order valence-electron chi connectivity index (χ2n) is 5.49. The Balaban J connectivity index is 1.79. The largest absolute Gasteiger partial charge is 0.341 e. The van der Waals surface area contributed by atoms with E-state index in [1.807, 2.05) is 6.20 Å². The van der Waals surface area contributed by atoms with Crippen molar-refractivity contribution in [1.82, 2.24) is 9.97 Å². The third kappa shape index (κ3) is 2.17. The number of likely N-dealkylation sites (N-methyl/N-ethyl adjacent to an activating group) is 1. The molecule has 0 aliphatic carbocycles. The lowest BCUT2D eigenvalue weighted by atomic mass is 9.95. The standard InChI is InChI=1S/C14H20N4O/c1-3-10-4-6-18(7-5-10)14-15-9-11-8-12(19)17(2)13(11)16-14/h9-10H,3-8H2,1-2H3. The lowest BCUT2D eigenvalue weighted by Gasteiger charge is -2.31. The predicted molar refractivity (Wildman–Crippen MR) is 74.4 cm³/mol. The minimum Gasteiger partial charge on any atom is -0.341 e. The Hall–Kier alpha value is -1.65. The number of hydrogen-bond donors (Lipinski definition) is 0. The van der Waals surface area contributed by atoms with Gasteiger partial charge in [-0.1, -0.05) is 13.3 Å². The lowest BCUT2D eigenvalue weighted by Crippen LogP contribution is -2.35. The van der Waals surface area contributed by atoms with E-state index in [0.717, 1.165) is 36.3 Å². The van der Waals surface area contributed by atoms with E-state index in [9.17, 15) is 4.79 Å². The topological polar surface area (TPSA) is 49.3 Å². The first-order valence-electron chi connectivity index (χ1n) is 7.06. The van der Waals surface area contributed by atoms with Gasteiger partial charge in [-0.25, -0.2) is 4.98 Å². The van der Waals surface area contributed by atoms with Crippen molar-refractivity contribution in [2.24, 2.45) is 5.92 Å². The van der Waals surface area contributed by atoms with Gasteiger partial charge in [-0.05, 0) is 18.8 Å². The quantitative estimate of drug-likeness (QED) is 0.811. The molecule has 19 heavy (non-hydrogen) atoms. The molecule has 0 N–H and O–H groups in total. The number of carbonyl (C=O) groups excluding carboxylic acids is 1. The summed E-state index contributed by atoms with van der Waals surface area (Å²) < 4.78 is 0. The van der Waals surface area contributed by atoms with Gasteiger partial charge in [0.15, 0.2) is 0 Å². The summed E-state index contributed by atoms with van der Waals surface area (Å²) in [5.41, 5.74) is 0.944. The number of fused-ring (bicyclic) bond motifs is 1. The van der Waals surface area contributed by atoms with Crippen LogP contribution in [0, 0.1) is 5.92 Å². The maximum atomic E-state index is 11.6. The molecular formula is C14H20N4O. The van der Waals surface area contributed by atoms with Crippen molar-refractivity contribution in [1.29, 1.82) is 0 Å². The zero-order valence-electron chi connectivity index (χ0n) is 11.6. The molecule has 102 valence electrons. The maximum Gasteiger partial charge on any atom is 0.232 e. The van der Waals surface area contributed by atoms with E-state index < -0.39 is 0 Å². The molecule has 1 fully saturated rings. The van der Waals surface area contributed by atoms with Gasteiger partial charge in [-0.2, -0.15) is 4.98 Å². The number of aromatic nitrogens is 2. The number of hydrogen-bond acceptors (Lipinski definition) is 4. The third-order valence-corrected chi connectivity index (χ3v) is 4.34. The molecule has 3 heterocycles. The van der Waals surface area contributed by atoms with E-state index in [2.05, 4.69) is 21.8 Å². The summed E-state index contributed by atoms with van der Waals surface area (Å²) in [5, 5.41) is 0. The van der Waals surface area contributed by atoms with E-state index in [1.54, 1.807) is 11.9 Å². The second kappa shape index (κ2) is 4.79. The number of anilines is 2. The number of nitrogens with zero attached hydrogens (tertiary/aromatic N) is 4. The highest BCUT2D eigenvalue weighted by Gasteiger charge is 2.28. The van der Waals surface area contributed by atoms with Gasteiger partial charge in [-0.15, -0.1) is 0 Å². The van der Waals surface area contributed by atoms with Gasteiger partial charge in [0.2, 0.25) is 11.9 Å². The van der Waals surface area contributed by atoms with Crippen molar-refractivity contribution < 1.29 is 4.79 Å². The summed E-state index contributed by atoms with van der Waals surface area (Å²) in [6, 6.07) is 0. The van der Waals surface area contributed by atoms with Crippen LogP contribution in [0.5, 0.6) is 0 Å². The fraction of sp³-hybridized carbons (Fsp3) is 0.643. The Bertz CT molecular complexity index is 494. The van der Waals surface area contributed by atoms with Crippen molar-refractivity contribution in [3.63, 3.8) is 0 Å². The highest BCUT2D eigenvalue weighted by Crippen LogP contribution is 2.28. The summed E-state index contributed by atoms with van der Waals surface area (Å²) in [7, 11) is 1.79.